The van der Waals surface area contributed by atoms with E-state index in [2.05, 4.69) is 31.3 Å². The molecule has 1 unspecified atom stereocenters. The van der Waals surface area contributed by atoms with Gasteiger partial charge in [-0.2, -0.15) is 0 Å². The molecule has 0 radical (unpaired) electrons. The zero-order chi connectivity index (χ0) is 28.7. The number of amides is 2. The topological polar surface area (TPSA) is 77.1 Å². The minimum absolute atomic E-state index is 0.357. The average Bonchev–Trinajstić information content (AvgIpc) is 3.27. The first-order chi connectivity index (χ1) is 19.1. The minimum atomic E-state index is -0.653. The Morgan fingerprint density at radius 3 is 2.40 bits per heavy atom. The van der Waals surface area contributed by atoms with E-state index in [0.29, 0.717) is 32.0 Å². The van der Waals surface area contributed by atoms with Crippen LogP contribution in [0.5, 0.6) is 5.75 Å². The van der Waals surface area contributed by atoms with Crippen molar-refractivity contribution in [2.24, 2.45) is 0 Å². The molecule has 1 aliphatic rings. The first kappa shape index (κ1) is 29.0. The maximum atomic E-state index is 12.9. The van der Waals surface area contributed by atoms with E-state index >= 15 is 0 Å². The summed E-state index contributed by atoms with van der Waals surface area (Å²) < 4.78 is 17.4. The normalized spacial score (nSPS) is 16.0. The number of nitrogens with one attached hydrogen (secondary N) is 1. The van der Waals surface area contributed by atoms with Crippen molar-refractivity contribution in [1.29, 1.82) is 0 Å². The summed E-state index contributed by atoms with van der Waals surface area (Å²) in [7, 11) is 0. The third-order valence-electron chi connectivity index (χ3n) is 6.66. The number of hydrogen-bond donors (Lipinski definition) is 1. The van der Waals surface area contributed by atoms with E-state index in [9.17, 15) is 9.59 Å². The summed E-state index contributed by atoms with van der Waals surface area (Å²) in [6.45, 7) is 11.0. The zero-order valence-corrected chi connectivity index (χ0v) is 24.1. The molecular weight excluding hydrogens is 504 g/mol. The Balaban J connectivity index is 1.47. The third kappa shape index (κ3) is 8.50. The van der Waals surface area contributed by atoms with Gasteiger partial charge in [0, 0.05) is 6.54 Å². The van der Waals surface area contributed by atoms with Crippen molar-refractivity contribution in [3.63, 3.8) is 0 Å². The number of hydrogen-bond acceptors (Lipinski definition) is 5. The Labute approximate surface area is 237 Å². The van der Waals surface area contributed by atoms with Crippen LogP contribution in [0.3, 0.4) is 0 Å². The largest absolute Gasteiger partial charge is 0.489 e. The number of carbonyl (C=O) groups excluding carboxylic acids is 2. The van der Waals surface area contributed by atoms with Crippen molar-refractivity contribution in [2.45, 2.75) is 77.9 Å². The van der Waals surface area contributed by atoms with Crippen molar-refractivity contribution >= 4 is 12.2 Å². The van der Waals surface area contributed by atoms with E-state index in [-0.39, 0.29) is 0 Å². The van der Waals surface area contributed by atoms with E-state index in [1.807, 2.05) is 87.5 Å². The molecule has 40 heavy (non-hydrogen) atoms. The van der Waals surface area contributed by atoms with Crippen molar-refractivity contribution in [3.05, 3.63) is 101 Å². The van der Waals surface area contributed by atoms with Gasteiger partial charge in [-0.15, -0.1) is 0 Å². The van der Waals surface area contributed by atoms with Gasteiger partial charge in [0.05, 0.1) is 12.6 Å². The van der Waals surface area contributed by atoms with Crippen molar-refractivity contribution < 1.29 is 23.8 Å². The van der Waals surface area contributed by atoms with Gasteiger partial charge in [0.1, 0.15) is 24.1 Å². The first-order valence-electron chi connectivity index (χ1n) is 13.9. The summed E-state index contributed by atoms with van der Waals surface area (Å²) in [6, 6.07) is 25.5. The zero-order valence-electron chi connectivity index (χ0n) is 24.1. The van der Waals surface area contributed by atoms with Crippen molar-refractivity contribution in [2.75, 3.05) is 6.54 Å². The molecule has 7 nitrogen and oxygen atoms in total. The quantitative estimate of drug-likeness (QED) is 0.302. The fourth-order valence-corrected chi connectivity index (χ4v) is 4.63. The van der Waals surface area contributed by atoms with Gasteiger partial charge in [-0.1, -0.05) is 80.6 Å². The molecule has 0 aliphatic carbocycles. The highest BCUT2D eigenvalue weighted by Crippen LogP contribution is 2.24. The fourth-order valence-electron chi connectivity index (χ4n) is 4.63. The molecule has 1 heterocycles. The Kier molecular flexibility index (Phi) is 9.35. The van der Waals surface area contributed by atoms with E-state index < -0.39 is 29.9 Å². The Hall–Kier alpha value is -4.00. The van der Waals surface area contributed by atoms with E-state index in [1.165, 1.54) is 5.56 Å². The van der Waals surface area contributed by atoms with E-state index in [1.54, 1.807) is 4.90 Å². The molecule has 4 rings (SSSR count). The smallest absolute Gasteiger partial charge is 0.410 e. The van der Waals surface area contributed by atoms with Gasteiger partial charge in [0.2, 0.25) is 0 Å². The highest BCUT2D eigenvalue weighted by atomic mass is 16.6. The maximum absolute atomic E-state index is 12.9. The lowest BCUT2D eigenvalue weighted by atomic mass is 10.00. The number of rotatable bonds is 10. The Morgan fingerprint density at radius 2 is 1.68 bits per heavy atom. The molecule has 1 saturated heterocycles. The highest BCUT2D eigenvalue weighted by Gasteiger charge is 2.38. The van der Waals surface area contributed by atoms with Gasteiger partial charge in [-0.3, -0.25) is 0 Å². The first-order valence-corrected chi connectivity index (χ1v) is 13.9. The summed E-state index contributed by atoms with van der Waals surface area (Å²) in [4.78, 5) is 27.4. The molecule has 7 heteroatoms. The molecule has 0 bridgehead atoms. The molecular formula is C33H40N2O5. The molecule has 1 fully saturated rings. The molecule has 3 aromatic rings. The molecule has 0 saturated carbocycles. The Bertz CT molecular complexity index is 1290. The summed E-state index contributed by atoms with van der Waals surface area (Å²) >= 11 is 0. The maximum Gasteiger partial charge on any atom is 0.410 e. The number of benzene rings is 3. The van der Waals surface area contributed by atoms with Crippen LogP contribution >= 0.6 is 0 Å². The Morgan fingerprint density at radius 1 is 0.975 bits per heavy atom. The van der Waals surface area contributed by atoms with Crippen LogP contribution in [0.15, 0.2) is 78.9 Å². The molecule has 1 aliphatic heterocycles. The lowest BCUT2D eigenvalue weighted by molar-refractivity contribution is 0.0436. The molecule has 1 N–H and O–H groups in total. The fraction of sp³-hybridized carbons (Fsp3) is 0.394. The molecule has 0 aromatic heterocycles. The van der Waals surface area contributed by atoms with Gasteiger partial charge in [-0.25, -0.2) is 9.59 Å². The van der Waals surface area contributed by atoms with Crippen molar-refractivity contribution in [1.82, 2.24) is 10.2 Å². The molecule has 2 atom stereocenters. The molecule has 212 valence electrons. The number of alkyl carbamates (subject to hydrolysis) is 1. The van der Waals surface area contributed by atoms with Crippen LogP contribution in [-0.2, 0) is 29.0 Å². The van der Waals surface area contributed by atoms with Crippen LogP contribution < -0.4 is 10.1 Å². The van der Waals surface area contributed by atoms with Crippen LogP contribution in [0.4, 0.5) is 9.59 Å². The lowest BCUT2D eigenvalue weighted by Gasteiger charge is -2.26. The number of ether oxygens (including phenoxy) is 3. The van der Waals surface area contributed by atoms with Gasteiger partial charge in [0.15, 0.2) is 0 Å². The van der Waals surface area contributed by atoms with Crippen LogP contribution in [0.2, 0.25) is 0 Å². The monoisotopic (exact) mass is 544 g/mol. The van der Waals surface area contributed by atoms with Crippen LogP contribution in [0.25, 0.3) is 0 Å². The third-order valence-corrected chi connectivity index (χ3v) is 6.66. The van der Waals surface area contributed by atoms with E-state index in [0.717, 1.165) is 22.4 Å². The SMILES string of the molecule is CC(C)c1cccc(CN2CC([C@H](Cc3cccc(OCc4ccccc4)c3)NC(=O)OC(C)(C)C)OC2=O)c1. The van der Waals surface area contributed by atoms with E-state index in [4.69, 9.17) is 14.2 Å². The number of nitrogens with zero attached hydrogens (tertiary/aromatic N) is 1. The summed E-state index contributed by atoms with van der Waals surface area (Å²) in [5.41, 5.74) is 3.64. The standard InChI is InChI=1S/C33H40N2O5/c1-23(2)27-15-9-14-26(17-27)20-35-21-30(39-32(35)37)29(34-31(36)40-33(3,4)5)19-25-13-10-16-28(18-25)38-22-24-11-7-6-8-12-24/h6-18,23,29-30H,19-22H2,1-5H3,(H,34,36)/t29-,30?/m0/s1. The molecule has 0 spiro atoms. The molecule has 3 aromatic carbocycles. The highest BCUT2D eigenvalue weighted by molar-refractivity contribution is 5.71. The number of cyclic esters (lactones) is 1. The van der Waals surface area contributed by atoms with Crippen LogP contribution in [0, 0.1) is 0 Å². The molecule has 2 amide bonds. The van der Waals surface area contributed by atoms with Crippen molar-refractivity contribution in [3.8, 4) is 5.75 Å². The predicted octanol–water partition coefficient (Wildman–Crippen LogP) is 6.85. The van der Waals surface area contributed by atoms with Gasteiger partial charge >= 0.3 is 12.2 Å². The minimum Gasteiger partial charge on any atom is -0.489 e. The average molecular weight is 545 g/mol. The van der Waals surface area contributed by atoms with Gasteiger partial charge in [0.25, 0.3) is 0 Å². The second kappa shape index (κ2) is 12.9. The van der Waals surface area contributed by atoms with Gasteiger partial charge in [-0.05, 0) is 67.5 Å². The van der Waals surface area contributed by atoms with Gasteiger partial charge < -0.3 is 24.4 Å². The second-order valence-corrected chi connectivity index (χ2v) is 11.6. The lowest BCUT2D eigenvalue weighted by Crippen LogP contribution is -2.48. The van der Waals surface area contributed by atoms with Crippen LogP contribution in [0.1, 0.15) is 62.8 Å². The number of carbonyl (C=O) groups is 2. The summed E-state index contributed by atoms with van der Waals surface area (Å²) in [5, 5.41) is 2.96. The predicted molar refractivity (Wildman–Crippen MR) is 155 cm³/mol. The summed E-state index contributed by atoms with van der Waals surface area (Å²) in [5.74, 6) is 1.13. The van der Waals surface area contributed by atoms with Crippen LogP contribution in [-0.4, -0.2) is 41.4 Å². The summed E-state index contributed by atoms with van der Waals surface area (Å²) in [6.07, 6.45) is -1.04. The second-order valence-electron chi connectivity index (χ2n) is 11.6.